The fourth-order valence-electron chi connectivity index (χ4n) is 2.20. The molecule has 17 heteroatoms. The molecule has 3 aromatic rings. The Morgan fingerprint density at radius 2 is 1.24 bits per heavy atom. The summed E-state index contributed by atoms with van der Waals surface area (Å²) in [5.74, 6) is -0.633. The second-order valence-electron chi connectivity index (χ2n) is 7.64. The average molecular weight is 774 g/mol. The lowest BCUT2D eigenvalue weighted by atomic mass is 10.1. The van der Waals surface area contributed by atoms with Gasteiger partial charge in [-0.15, -0.1) is 10.2 Å². The molecule has 2 aromatic carbocycles. The van der Waals surface area contributed by atoms with Gasteiger partial charge in [-0.05, 0) is 17.5 Å². The summed E-state index contributed by atoms with van der Waals surface area (Å²) >= 11 is 36.4. The summed E-state index contributed by atoms with van der Waals surface area (Å²) in [5, 5.41) is 35.6. The van der Waals surface area contributed by atoms with Crippen LogP contribution in [0, 0.1) is 0 Å². The number of benzene rings is 2. The van der Waals surface area contributed by atoms with Crippen LogP contribution in [0.4, 0.5) is 0 Å². The highest BCUT2D eigenvalue weighted by atomic mass is 79.9. The minimum Gasteiger partial charge on any atom is -0.508 e. The van der Waals surface area contributed by atoms with Crippen LogP contribution >= 0.6 is 85.5 Å². The van der Waals surface area contributed by atoms with Gasteiger partial charge >= 0.3 is 11.9 Å². The number of rotatable bonds is 5. The number of hydrogen-bond donors (Lipinski definition) is 3. The largest absolute Gasteiger partial charge is 0.508 e. The van der Waals surface area contributed by atoms with Crippen LogP contribution in [0.1, 0.15) is 25.3 Å². The van der Waals surface area contributed by atoms with Crippen molar-refractivity contribution >= 4 is 97.5 Å². The number of phenolic OH excluding ortho intramolecular Hbond substituents is 3. The molecule has 1 aromatic heterocycles. The van der Waals surface area contributed by atoms with Crippen LogP contribution in [-0.2, 0) is 19.1 Å². The number of carbonyl (C=O) groups is 2. The van der Waals surface area contributed by atoms with Gasteiger partial charge in [-0.3, -0.25) is 4.79 Å². The second kappa shape index (κ2) is 20.7. The van der Waals surface area contributed by atoms with Crippen LogP contribution in [0.15, 0.2) is 30.3 Å². The maximum atomic E-state index is 10.8. The average Bonchev–Trinajstić information content (AvgIpc) is 2.94. The number of carbonyl (C=O) groups excluding carboxylic acids is 2. The van der Waals surface area contributed by atoms with E-state index in [4.69, 9.17) is 84.6 Å². The maximum absolute atomic E-state index is 10.8. The van der Waals surface area contributed by atoms with Crippen molar-refractivity contribution in [2.45, 2.75) is 19.8 Å². The summed E-state index contributed by atoms with van der Waals surface area (Å²) in [5.41, 5.74) is 0.937. The molecule has 0 aliphatic heterocycles. The lowest BCUT2D eigenvalue weighted by molar-refractivity contribution is -0.143. The van der Waals surface area contributed by atoms with Crippen LogP contribution in [0.3, 0.4) is 0 Å². The first-order valence-corrected chi connectivity index (χ1v) is 14.5. The summed E-state index contributed by atoms with van der Waals surface area (Å²) in [6.07, 6.45) is 0. The molecule has 0 unspecified atom stereocenters. The molecule has 1 heterocycles. The van der Waals surface area contributed by atoms with Gasteiger partial charge in [-0.2, -0.15) is 0 Å². The zero-order valence-electron chi connectivity index (χ0n) is 22.3. The number of methoxy groups -OCH3 is 2. The van der Waals surface area contributed by atoms with E-state index in [-0.39, 0.29) is 61.0 Å². The van der Waals surface area contributed by atoms with E-state index < -0.39 is 5.97 Å². The number of aromatic nitrogens is 2. The molecule has 0 spiro atoms. The third-order valence-corrected chi connectivity index (χ3v) is 6.37. The molecule has 0 radical (unpaired) electrons. The topological polar surface area (TPSA) is 148 Å². The number of alkyl halides is 1. The molecular weight excluding hydrogens is 749 g/mol. The minimum absolute atomic E-state index is 0.0463. The van der Waals surface area contributed by atoms with Crippen LogP contribution in [0.5, 0.6) is 23.0 Å². The van der Waals surface area contributed by atoms with Gasteiger partial charge in [0.05, 0.1) is 34.3 Å². The number of halogens is 7. The van der Waals surface area contributed by atoms with Crippen LogP contribution in [-0.4, -0.2) is 63.6 Å². The van der Waals surface area contributed by atoms with Crippen molar-refractivity contribution in [3.05, 3.63) is 66.3 Å². The lowest BCUT2D eigenvalue weighted by Crippen LogP contribution is -2.12. The number of ether oxygens (including phenoxy) is 3. The molecule has 0 amide bonds. The van der Waals surface area contributed by atoms with E-state index in [1.54, 1.807) is 6.07 Å². The van der Waals surface area contributed by atoms with Crippen molar-refractivity contribution in [3.8, 4) is 23.0 Å². The minimum atomic E-state index is -0.518. The first kappa shape index (κ1) is 39.9. The van der Waals surface area contributed by atoms with Gasteiger partial charge in [-0.25, -0.2) is 4.79 Å². The molecular formula is C25H25BrCl6N2O8. The van der Waals surface area contributed by atoms with Crippen LogP contribution in [0.2, 0.25) is 30.4 Å². The molecule has 3 N–H and O–H groups in total. The molecule has 10 nitrogen and oxygen atoms in total. The van der Waals surface area contributed by atoms with Crippen molar-refractivity contribution in [2.24, 2.45) is 0 Å². The normalized spacial score (nSPS) is 9.71. The predicted molar refractivity (Wildman–Crippen MR) is 167 cm³/mol. The number of aromatic hydroxyl groups is 3. The number of nitrogens with zero attached hydrogens (tertiary/aromatic N) is 2. The Balaban J connectivity index is 0.000000558. The highest BCUT2D eigenvalue weighted by molar-refractivity contribution is 9.09. The zero-order chi connectivity index (χ0) is 32.6. The van der Waals surface area contributed by atoms with Gasteiger partial charge in [-0.1, -0.05) is 99.4 Å². The van der Waals surface area contributed by atoms with E-state index in [2.05, 4.69) is 35.6 Å². The first-order valence-electron chi connectivity index (χ1n) is 11.1. The van der Waals surface area contributed by atoms with Crippen molar-refractivity contribution in [3.63, 3.8) is 0 Å². The quantitative estimate of drug-likeness (QED) is 0.132. The smallest absolute Gasteiger partial charge is 0.343 e. The fourth-order valence-corrected chi connectivity index (χ4v) is 3.84. The van der Waals surface area contributed by atoms with E-state index in [0.29, 0.717) is 16.2 Å². The van der Waals surface area contributed by atoms with E-state index in [1.807, 2.05) is 13.8 Å². The molecule has 0 bridgehead atoms. The second-order valence-corrected chi connectivity index (χ2v) is 10.6. The van der Waals surface area contributed by atoms with Crippen molar-refractivity contribution in [1.82, 2.24) is 10.2 Å². The summed E-state index contributed by atoms with van der Waals surface area (Å²) in [4.78, 5) is 20.7. The Labute approximate surface area is 280 Å². The predicted octanol–water partition coefficient (Wildman–Crippen LogP) is 8.12. The third-order valence-electron chi connectivity index (χ3n) is 4.28. The van der Waals surface area contributed by atoms with Crippen molar-refractivity contribution in [1.29, 1.82) is 0 Å². The highest BCUT2D eigenvalue weighted by Gasteiger charge is 2.09. The summed E-state index contributed by atoms with van der Waals surface area (Å²) in [7, 11) is 2.60. The molecule has 0 saturated carbocycles. The van der Waals surface area contributed by atoms with Crippen LogP contribution in [0.25, 0.3) is 0 Å². The Morgan fingerprint density at radius 1 is 0.786 bits per heavy atom. The van der Waals surface area contributed by atoms with Gasteiger partial charge < -0.3 is 29.5 Å². The van der Waals surface area contributed by atoms with Gasteiger partial charge in [0.1, 0.15) is 16.8 Å². The fraction of sp³-hybridized carbons (Fsp3) is 0.280. The number of esters is 2. The summed E-state index contributed by atoms with van der Waals surface area (Å²) in [6, 6.07) is 6.87. The number of phenols is 3. The van der Waals surface area contributed by atoms with E-state index in [0.717, 1.165) is 5.56 Å². The Morgan fingerprint density at radius 3 is 1.60 bits per heavy atom. The summed E-state index contributed by atoms with van der Waals surface area (Å²) in [6.45, 7) is 3.81. The molecule has 0 aliphatic carbocycles. The standard InChI is InChI=1S/C9H8Cl2O4.C7H8Cl2N2.C6H4Cl2O2.C3H5BrO2/c1-14-8(12)4-15-5-2-6(10)9(13)7(11)3-5;1-4(2)5-3-6(8)10-11-7(5)9;7-4-1-3(9)2-5(8)6(4)10;1-6-3(5)2-4/h2-3,13H,4H2,1H3;3-4H,1-2H3;1-2,9-10H;2H2,1H3. The molecule has 0 atom stereocenters. The molecule has 42 heavy (non-hydrogen) atoms. The summed E-state index contributed by atoms with van der Waals surface area (Å²) < 4.78 is 13.6. The molecule has 0 saturated heterocycles. The SMILES string of the molecule is CC(C)c1cc(Cl)nnc1Cl.COC(=O)CBr.COC(=O)COc1cc(Cl)c(O)c(Cl)c1.Oc1cc(Cl)c(O)c(Cl)c1. The number of hydrogen-bond acceptors (Lipinski definition) is 10. The first-order chi connectivity index (χ1) is 19.6. The molecule has 3 rings (SSSR count). The maximum Gasteiger partial charge on any atom is 0.343 e. The Kier molecular flexibility index (Phi) is 19.7. The molecule has 232 valence electrons. The van der Waals surface area contributed by atoms with Crippen molar-refractivity contribution < 1.29 is 39.1 Å². The van der Waals surface area contributed by atoms with Gasteiger partial charge in [0.15, 0.2) is 28.4 Å². The van der Waals surface area contributed by atoms with Crippen molar-refractivity contribution in [2.75, 3.05) is 26.2 Å². The van der Waals surface area contributed by atoms with E-state index in [9.17, 15) is 14.7 Å². The Hall–Kier alpha value is -2.12. The molecule has 0 aliphatic rings. The highest BCUT2D eigenvalue weighted by Crippen LogP contribution is 2.36. The van der Waals surface area contributed by atoms with Gasteiger partial charge in [0.25, 0.3) is 0 Å². The Bertz CT molecular complexity index is 1280. The van der Waals surface area contributed by atoms with Crippen LogP contribution < -0.4 is 4.74 Å². The third kappa shape index (κ3) is 15.4. The monoisotopic (exact) mass is 770 g/mol. The van der Waals surface area contributed by atoms with Gasteiger partial charge in [0.2, 0.25) is 0 Å². The van der Waals surface area contributed by atoms with E-state index in [1.165, 1.54) is 38.5 Å². The lowest BCUT2D eigenvalue weighted by Gasteiger charge is -2.07. The molecule has 0 fully saturated rings. The zero-order valence-corrected chi connectivity index (χ0v) is 28.4. The van der Waals surface area contributed by atoms with Gasteiger partial charge in [0, 0.05) is 24.3 Å². The van der Waals surface area contributed by atoms with E-state index >= 15 is 0 Å².